The monoisotopic (exact) mass is 541 g/mol. The van der Waals surface area contributed by atoms with Crippen molar-refractivity contribution in [2.24, 2.45) is 5.92 Å². The minimum absolute atomic E-state index is 0.0418. The van der Waals surface area contributed by atoms with Crippen LogP contribution in [0.25, 0.3) is 0 Å². The Bertz CT molecular complexity index is 1300. The molecule has 1 N–H and O–H groups in total. The molecule has 2 amide bonds. The van der Waals surface area contributed by atoms with Gasteiger partial charge in [-0.2, -0.15) is 0 Å². The van der Waals surface area contributed by atoms with Gasteiger partial charge in [0.05, 0.1) is 10.6 Å². The zero-order valence-electron chi connectivity index (χ0n) is 21.2. The molecule has 3 rings (SSSR count). The van der Waals surface area contributed by atoms with Crippen molar-refractivity contribution in [1.82, 2.24) is 10.2 Å². The van der Waals surface area contributed by atoms with Crippen molar-refractivity contribution < 1.29 is 18.0 Å². The van der Waals surface area contributed by atoms with Gasteiger partial charge in [0.15, 0.2) is 0 Å². The first-order valence-corrected chi connectivity index (χ1v) is 13.9. The lowest BCUT2D eigenvalue weighted by Crippen LogP contribution is -2.51. The third kappa shape index (κ3) is 7.57. The Kier molecular flexibility index (Phi) is 9.72. The molecule has 37 heavy (non-hydrogen) atoms. The fourth-order valence-corrected chi connectivity index (χ4v) is 5.31. The molecular weight excluding hydrogens is 510 g/mol. The summed E-state index contributed by atoms with van der Waals surface area (Å²) >= 11 is 6.17. The number of carbonyl (C=O) groups is 2. The van der Waals surface area contributed by atoms with E-state index in [1.54, 1.807) is 43.3 Å². The molecule has 0 aliphatic rings. The van der Waals surface area contributed by atoms with Gasteiger partial charge in [-0.1, -0.05) is 80.0 Å². The van der Waals surface area contributed by atoms with Gasteiger partial charge < -0.3 is 10.2 Å². The summed E-state index contributed by atoms with van der Waals surface area (Å²) < 4.78 is 28.4. The maximum absolute atomic E-state index is 13.8. The summed E-state index contributed by atoms with van der Waals surface area (Å²) in [6.07, 6.45) is 0. The van der Waals surface area contributed by atoms with E-state index in [4.69, 9.17) is 11.6 Å². The van der Waals surface area contributed by atoms with Crippen LogP contribution in [0.4, 0.5) is 5.69 Å². The van der Waals surface area contributed by atoms with E-state index in [9.17, 15) is 18.0 Å². The second-order valence-corrected chi connectivity index (χ2v) is 11.4. The normalized spacial score (nSPS) is 12.1. The molecule has 0 spiro atoms. The molecule has 7 nitrogen and oxygen atoms in total. The van der Waals surface area contributed by atoms with E-state index in [0.717, 1.165) is 9.87 Å². The number of sulfonamides is 1. The molecule has 0 unspecified atom stereocenters. The van der Waals surface area contributed by atoms with Crippen molar-refractivity contribution in [3.8, 4) is 0 Å². The number of rotatable bonds is 11. The number of carbonyl (C=O) groups excluding carboxylic acids is 2. The Morgan fingerprint density at radius 2 is 1.51 bits per heavy atom. The van der Waals surface area contributed by atoms with Crippen LogP contribution < -0.4 is 9.62 Å². The molecule has 0 radical (unpaired) electrons. The lowest BCUT2D eigenvalue weighted by molar-refractivity contribution is -0.139. The highest BCUT2D eigenvalue weighted by atomic mass is 35.5. The number of hydrogen-bond donors (Lipinski definition) is 1. The maximum Gasteiger partial charge on any atom is 0.264 e. The summed E-state index contributed by atoms with van der Waals surface area (Å²) in [6, 6.07) is 22.7. The van der Waals surface area contributed by atoms with Gasteiger partial charge in [-0.05, 0) is 48.7 Å². The zero-order valence-corrected chi connectivity index (χ0v) is 22.7. The molecule has 3 aromatic rings. The smallest absolute Gasteiger partial charge is 0.264 e. The van der Waals surface area contributed by atoms with Crippen LogP contribution in [0.5, 0.6) is 0 Å². The van der Waals surface area contributed by atoms with E-state index in [1.165, 1.54) is 23.1 Å². The number of halogens is 1. The highest BCUT2D eigenvalue weighted by molar-refractivity contribution is 7.92. The van der Waals surface area contributed by atoms with Crippen LogP contribution in [0.2, 0.25) is 5.02 Å². The van der Waals surface area contributed by atoms with Crippen LogP contribution in [0, 0.1) is 5.92 Å². The van der Waals surface area contributed by atoms with Gasteiger partial charge >= 0.3 is 0 Å². The van der Waals surface area contributed by atoms with Crippen LogP contribution in [0.1, 0.15) is 26.3 Å². The minimum Gasteiger partial charge on any atom is -0.354 e. The Labute approximate surface area is 224 Å². The molecule has 0 aliphatic heterocycles. The van der Waals surface area contributed by atoms with Crippen molar-refractivity contribution >= 4 is 39.1 Å². The third-order valence-corrected chi connectivity index (χ3v) is 7.78. The summed E-state index contributed by atoms with van der Waals surface area (Å²) in [7, 11) is -4.11. The van der Waals surface area contributed by atoms with E-state index in [2.05, 4.69) is 5.32 Å². The Morgan fingerprint density at radius 1 is 0.892 bits per heavy atom. The summed E-state index contributed by atoms with van der Waals surface area (Å²) in [5, 5.41) is 3.20. The molecule has 0 saturated carbocycles. The first-order chi connectivity index (χ1) is 17.6. The van der Waals surface area contributed by atoms with Crippen LogP contribution in [0.15, 0.2) is 89.8 Å². The van der Waals surface area contributed by atoms with E-state index in [-0.39, 0.29) is 29.0 Å². The SMILES string of the molecule is CC(C)CNC(=O)[C@H](C)N(Cc1ccccc1)C(=O)CN(c1cccc(Cl)c1)S(=O)(=O)c1ccccc1. The Hall–Kier alpha value is -3.36. The summed E-state index contributed by atoms with van der Waals surface area (Å²) in [4.78, 5) is 28.2. The van der Waals surface area contributed by atoms with E-state index in [1.807, 2.05) is 44.2 Å². The van der Waals surface area contributed by atoms with Gasteiger partial charge in [-0.15, -0.1) is 0 Å². The number of benzene rings is 3. The zero-order chi connectivity index (χ0) is 27.0. The second-order valence-electron chi connectivity index (χ2n) is 9.13. The molecule has 3 aromatic carbocycles. The largest absolute Gasteiger partial charge is 0.354 e. The van der Waals surface area contributed by atoms with E-state index in [0.29, 0.717) is 11.6 Å². The third-order valence-electron chi connectivity index (χ3n) is 5.75. The Balaban J connectivity index is 1.98. The average molecular weight is 542 g/mol. The van der Waals surface area contributed by atoms with Crippen molar-refractivity contribution in [3.63, 3.8) is 0 Å². The fourth-order valence-electron chi connectivity index (χ4n) is 3.69. The van der Waals surface area contributed by atoms with E-state index >= 15 is 0 Å². The molecule has 0 aliphatic carbocycles. The van der Waals surface area contributed by atoms with Crippen molar-refractivity contribution in [1.29, 1.82) is 0 Å². The van der Waals surface area contributed by atoms with Crippen LogP contribution in [-0.4, -0.2) is 44.3 Å². The molecule has 0 aromatic heterocycles. The quantitative estimate of drug-likeness (QED) is 0.380. The minimum atomic E-state index is -4.11. The summed E-state index contributed by atoms with van der Waals surface area (Å²) in [5.41, 5.74) is 1.07. The van der Waals surface area contributed by atoms with Gasteiger partial charge in [-0.3, -0.25) is 13.9 Å². The maximum atomic E-state index is 13.8. The number of anilines is 1. The molecule has 0 saturated heterocycles. The number of hydrogen-bond acceptors (Lipinski definition) is 4. The predicted octanol–water partition coefficient (Wildman–Crippen LogP) is 4.72. The molecule has 1 atom stereocenters. The van der Waals surface area contributed by atoms with Gasteiger partial charge in [0.1, 0.15) is 12.6 Å². The Morgan fingerprint density at radius 3 is 2.11 bits per heavy atom. The fraction of sp³-hybridized carbons (Fsp3) is 0.286. The van der Waals surface area contributed by atoms with Crippen molar-refractivity contribution in [2.45, 2.75) is 38.3 Å². The van der Waals surface area contributed by atoms with Crippen molar-refractivity contribution in [2.75, 3.05) is 17.4 Å². The van der Waals surface area contributed by atoms with Gasteiger partial charge in [0.2, 0.25) is 11.8 Å². The lowest BCUT2D eigenvalue weighted by atomic mass is 10.1. The number of nitrogens with zero attached hydrogens (tertiary/aromatic N) is 2. The first-order valence-electron chi connectivity index (χ1n) is 12.0. The second kappa shape index (κ2) is 12.7. The molecule has 196 valence electrons. The van der Waals surface area contributed by atoms with Crippen molar-refractivity contribution in [3.05, 3.63) is 95.5 Å². The van der Waals surface area contributed by atoms with Gasteiger partial charge in [0.25, 0.3) is 10.0 Å². The summed E-state index contributed by atoms with van der Waals surface area (Å²) in [5.74, 6) is -0.586. The van der Waals surface area contributed by atoms with Crippen LogP contribution >= 0.6 is 11.6 Å². The molecule has 9 heteroatoms. The highest BCUT2D eigenvalue weighted by Crippen LogP contribution is 2.26. The highest BCUT2D eigenvalue weighted by Gasteiger charge is 2.32. The van der Waals surface area contributed by atoms with Crippen LogP contribution in [0.3, 0.4) is 0 Å². The molecule has 0 bridgehead atoms. The van der Waals surface area contributed by atoms with Gasteiger partial charge in [-0.25, -0.2) is 8.42 Å². The standard InChI is InChI=1S/C28H32ClN3O4S/c1-21(2)18-30-28(34)22(3)31(19-23-11-6-4-7-12-23)27(33)20-32(25-14-10-13-24(29)17-25)37(35,36)26-15-8-5-9-16-26/h4-17,21-22H,18-20H2,1-3H3,(H,30,34)/t22-/m0/s1. The van der Waals surface area contributed by atoms with Gasteiger partial charge in [0, 0.05) is 18.1 Å². The molecule has 0 fully saturated rings. The van der Waals surface area contributed by atoms with E-state index < -0.39 is 28.5 Å². The topological polar surface area (TPSA) is 86.8 Å². The lowest BCUT2D eigenvalue weighted by Gasteiger charge is -2.32. The average Bonchev–Trinajstić information content (AvgIpc) is 2.89. The number of nitrogens with one attached hydrogen (secondary N) is 1. The van der Waals surface area contributed by atoms with Crippen LogP contribution in [-0.2, 0) is 26.2 Å². The number of amides is 2. The molecular formula is C28H32ClN3O4S. The summed E-state index contributed by atoms with van der Waals surface area (Å²) in [6.45, 7) is 5.71. The predicted molar refractivity (Wildman–Crippen MR) is 147 cm³/mol. The first kappa shape index (κ1) is 28.2. The molecule has 0 heterocycles.